The van der Waals surface area contributed by atoms with E-state index < -0.39 is 17.7 Å². The topological polar surface area (TPSA) is 66.8 Å². The highest BCUT2D eigenvalue weighted by Gasteiger charge is 2.40. The monoisotopic (exact) mass is 300 g/mol. The van der Waals surface area contributed by atoms with Crippen LogP contribution in [0.15, 0.2) is 42.5 Å². The van der Waals surface area contributed by atoms with Crippen LogP contribution in [0.2, 0.25) is 0 Å². The number of aliphatic hydroxyl groups excluding tert-OH is 1. The molecule has 0 bridgehead atoms. The van der Waals surface area contributed by atoms with Crippen molar-refractivity contribution in [2.24, 2.45) is 0 Å². The molecule has 2 aromatic rings. The molecule has 1 aliphatic carbocycles. The van der Waals surface area contributed by atoms with Gasteiger partial charge in [-0.3, -0.25) is 0 Å². The maximum absolute atomic E-state index is 12.2. The van der Waals surface area contributed by atoms with Crippen LogP contribution in [0.4, 0.5) is 0 Å². The molecule has 0 atom stereocenters. The fourth-order valence-corrected chi connectivity index (χ4v) is 2.98. The van der Waals surface area contributed by atoms with Crippen molar-refractivity contribution in [2.75, 3.05) is 0 Å². The zero-order valence-corrected chi connectivity index (χ0v) is 12.4. The maximum atomic E-state index is 12.2. The van der Waals surface area contributed by atoms with Crippen LogP contribution in [-0.4, -0.2) is 27.9 Å². The Hall–Kier alpha value is -1.91. The summed E-state index contributed by atoms with van der Waals surface area (Å²) >= 11 is 0. The van der Waals surface area contributed by atoms with Crippen molar-refractivity contribution in [3.63, 3.8) is 0 Å². The van der Waals surface area contributed by atoms with Crippen LogP contribution >= 0.6 is 0 Å². The first-order valence-corrected chi connectivity index (χ1v) is 7.63. The normalized spacial score (nSPS) is 25.1. The van der Waals surface area contributed by atoms with Crippen LogP contribution in [0, 0.1) is 0 Å². The summed E-state index contributed by atoms with van der Waals surface area (Å²) in [5, 5.41) is 22.0. The molecule has 0 aromatic heterocycles. The highest BCUT2D eigenvalue weighted by molar-refractivity contribution is 5.86. The SMILES string of the molecule is O=C(OCc1cccc2ccccc12)C1(O)CCC(O)CC1. The molecular weight excluding hydrogens is 280 g/mol. The van der Waals surface area contributed by atoms with Gasteiger partial charge < -0.3 is 14.9 Å². The first-order chi connectivity index (χ1) is 10.6. The highest BCUT2D eigenvalue weighted by Crippen LogP contribution is 2.30. The third-order valence-electron chi connectivity index (χ3n) is 4.40. The second-order valence-electron chi connectivity index (χ2n) is 5.98. The lowest BCUT2D eigenvalue weighted by molar-refractivity contribution is -0.172. The molecular formula is C18H20O4. The minimum absolute atomic E-state index is 0.144. The summed E-state index contributed by atoms with van der Waals surface area (Å²) in [5.74, 6) is -0.590. The van der Waals surface area contributed by atoms with Gasteiger partial charge in [-0.05, 0) is 42.0 Å². The first kappa shape index (κ1) is 15.0. The van der Waals surface area contributed by atoms with Crippen molar-refractivity contribution in [3.05, 3.63) is 48.0 Å². The molecule has 1 saturated carbocycles. The Labute approximate surface area is 129 Å². The molecule has 0 saturated heterocycles. The molecule has 22 heavy (non-hydrogen) atoms. The zero-order chi connectivity index (χ0) is 15.6. The van der Waals surface area contributed by atoms with E-state index in [0.717, 1.165) is 16.3 Å². The number of rotatable bonds is 3. The van der Waals surface area contributed by atoms with Crippen molar-refractivity contribution in [2.45, 2.75) is 44.0 Å². The number of ether oxygens (including phenoxy) is 1. The van der Waals surface area contributed by atoms with Gasteiger partial charge in [0.15, 0.2) is 5.60 Å². The summed E-state index contributed by atoms with van der Waals surface area (Å²) in [5.41, 5.74) is -0.532. The summed E-state index contributed by atoms with van der Waals surface area (Å²) in [6, 6.07) is 13.8. The van der Waals surface area contributed by atoms with Crippen LogP contribution in [0.3, 0.4) is 0 Å². The standard InChI is InChI=1S/C18H20O4/c19-15-8-10-18(21,11-9-15)17(20)22-12-14-6-3-5-13-4-1-2-7-16(13)14/h1-7,15,19,21H,8-12H2. The lowest BCUT2D eigenvalue weighted by atomic mass is 9.83. The van der Waals surface area contributed by atoms with Gasteiger partial charge in [0.2, 0.25) is 0 Å². The van der Waals surface area contributed by atoms with Crippen LogP contribution < -0.4 is 0 Å². The van der Waals surface area contributed by atoms with Gasteiger partial charge in [0, 0.05) is 0 Å². The minimum atomic E-state index is -1.45. The van der Waals surface area contributed by atoms with Gasteiger partial charge in [-0.15, -0.1) is 0 Å². The van der Waals surface area contributed by atoms with E-state index in [1.165, 1.54) is 0 Å². The molecule has 0 spiro atoms. The Balaban J connectivity index is 1.70. The Bertz CT molecular complexity index is 666. The second-order valence-corrected chi connectivity index (χ2v) is 5.98. The second kappa shape index (κ2) is 6.07. The molecule has 0 radical (unpaired) electrons. The van der Waals surface area contributed by atoms with Crippen LogP contribution in [0.1, 0.15) is 31.2 Å². The third-order valence-corrected chi connectivity index (χ3v) is 4.40. The number of esters is 1. The predicted octanol–water partition coefficient (Wildman–Crippen LogP) is 2.55. The fraction of sp³-hybridized carbons (Fsp3) is 0.389. The van der Waals surface area contributed by atoms with Gasteiger partial charge in [0.25, 0.3) is 0 Å². The maximum Gasteiger partial charge on any atom is 0.338 e. The lowest BCUT2D eigenvalue weighted by Crippen LogP contribution is -2.44. The van der Waals surface area contributed by atoms with Crippen LogP contribution in [-0.2, 0) is 16.1 Å². The molecule has 2 N–H and O–H groups in total. The molecule has 1 fully saturated rings. The molecule has 116 valence electrons. The average Bonchev–Trinajstić information content (AvgIpc) is 2.55. The van der Waals surface area contributed by atoms with Gasteiger partial charge >= 0.3 is 5.97 Å². The average molecular weight is 300 g/mol. The number of hydrogen-bond acceptors (Lipinski definition) is 4. The van der Waals surface area contributed by atoms with Gasteiger partial charge in [-0.1, -0.05) is 42.5 Å². The van der Waals surface area contributed by atoms with Gasteiger partial charge in [0.05, 0.1) is 6.10 Å². The van der Waals surface area contributed by atoms with Gasteiger partial charge in [-0.25, -0.2) is 4.79 Å². The minimum Gasteiger partial charge on any atom is -0.459 e. The predicted molar refractivity (Wildman–Crippen MR) is 83.2 cm³/mol. The molecule has 0 unspecified atom stereocenters. The molecule has 1 aliphatic rings. The molecule has 0 amide bonds. The Morgan fingerprint density at radius 3 is 2.59 bits per heavy atom. The van der Waals surface area contributed by atoms with Gasteiger partial charge in [0.1, 0.15) is 6.61 Å². The van der Waals surface area contributed by atoms with Crippen molar-refractivity contribution in [1.82, 2.24) is 0 Å². The Morgan fingerprint density at radius 1 is 1.14 bits per heavy atom. The van der Waals surface area contributed by atoms with E-state index in [4.69, 9.17) is 4.74 Å². The lowest BCUT2D eigenvalue weighted by Gasteiger charge is -2.31. The molecule has 0 heterocycles. The highest BCUT2D eigenvalue weighted by atomic mass is 16.5. The molecule has 0 aliphatic heterocycles. The number of carbonyl (C=O) groups is 1. The van der Waals surface area contributed by atoms with E-state index >= 15 is 0 Å². The van der Waals surface area contributed by atoms with E-state index in [1.807, 2.05) is 42.5 Å². The quantitative estimate of drug-likeness (QED) is 0.855. The fourth-order valence-electron chi connectivity index (χ4n) is 2.98. The summed E-state index contributed by atoms with van der Waals surface area (Å²) in [7, 11) is 0. The molecule has 4 heteroatoms. The van der Waals surface area contributed by atoms with Crippen molar-refractivity contribution in [3.8, 4) is 0 Å². The van der Waals surface area contributed by atoms with Crippen molar-refractivity contribution in [1.29, 1.82) is 0 Å². The van der Waals surface area contributed by atoms with Gasteiger partial charge in [-0.2, -0.15) is 0 Å². The molecule has 2 aromatic carbocycles. The van der Waals surface area contributed by atoms with E-state index in [1.54, 1.807) is 0 Å². The molecule has 3 rings (SSSR count). The van der Waals surface area contributed by atoms with Crippen molar-refractivity contribution < 1.29 is 19.7 Å². The summed E-state index contributed by atoms with van der Waals surface area (Å²) < 4.78 is 5.34. The number of carbonyl (C=O) groups excluding carboxylic acids is 1. The van der Waals surface area contributed by atoms with Crippen LogP contribution in [0.25, 0.3) is 10.8 Å². The van der Waals surface area contributed by atoms with Crippen molar-refractivity contribution >= 4 is 16.7 Å². The Kier molecular flexibility index (Phi) is 4.14. The smallest absolute Gasteiger partial charge is 0.338 e. The first-order valence-electron chi connectivity index (χ1n) is 7.63. The van der Waals surface area contributed by atoms with E-state index in [2.05, 4.69) is 0 Å². The summed E-state index contributed by atoms with van der Waals surface area (Å²) in [4.78, 5) is 12.2. The number of fused-ring (bicyclic) bond motifs is 1. The van der Waals surface area contributed by atoms with Crippen LogP contribution in [0.5, 0.6) is 0 Å². The number of benzene rings is 2. The number of hydrogen-bond donors (Lipinski definition) is 2. The number of aliphatic hydroxyl groups is 2. The van der Waals surface area contributed by atoms with E-state index in [9.17, 15) is 15.0 Å². The van der Waals surface area contributed by atoms with E-state index in [0.29, 0.717) is 12.8 Å². The third kappa shape index (κ3) is 2.98. The molecule has 4 nitrogen and oxygen atoms in total. The summed E-state index contributed by atoms with van der Waals surface area (Å²) in [6.07, 6.45) is 0.941. The summed E-state index contributed by atoms with van der Waals surface area (Å²) in [6.45, 7) is 0.144. The zero-order valence-electron chi connectivity index (χ0n) is 12.4. The largest absolute Gasteiger partial charge is 0.459 e. The Morgan fingerprint density at radius 2 is 1.82 bits per heavy atom. The van der Waals surface area contributed by atoms with E-state index in [-0.39, 0.29) is 19.4 Å².